The zero-order valence-corrected chi connectivity index (χ0v) is 20.2. The highest BCUT2D eigenvalue weighted by atomic mass is 35.5. The van der Waals surface area contributed by atoms with Crippen molar-refractivity contribution in [1.29, 1.82) is 0 Å². The van der Waals surface area contributed by atoms with Gasteiger partial charge in [0, 0.05) is 18.1 Å². The number of hydrogen-bond donors (Lipinski definition) is 1. The van der Waals surface area contributed by atoms with Gasteiger partial charge in [-0.2, -0.15) is 0 Å². The Balaban J connectivity index is 2.30. The minimum atomic E-state index is -3.72. The lowest BCUT2D eigenvalue weighted by Gasteiger charge is -2.31. The highest BCUT2D eigenvalue weighted by Gasteiger charge is 2.29. The standard InChI is InChI=1S/C23H30ClN3O4S/c1-4-5-15-25-23(29)18(2)26(16-19-11-13-20(24)14-12-19)22(28)17-27(32(3,30)31)21-9-7-6-8-10-21/h6-14,18H,4-5,15-17H2,1-3H3,(H,25,29)/t18-/m1/s1. The Morgan fingerprint density at radius 3 is 2.25 bits per heavy atom. The quantitative estimate of drug-likeness (QED) is 0.500. The molecule has 0 aliphatic heterocycles. The van der Waals surface area contributed by atoms with Crippen LogP contribution < -0.4 is 9.62 Å². The van der Waals surface area contributed by atoms with Crippen LogP contribution in [0.1, 0.15) is 32.3 Å². The molecule has 0 aliphatic rings. The van der Waals surface area contributed by atoms with Crippen molar-refractivity contribution in [3.63, 3.8) is 0 Å². The van der Waals surface area contributed by atoms with Gasteiger partial charge in [-0.1, -0.05) is 55.3 Å². The first kappa shape index (κ1) is 25.7. The van der Waals surface area contributed by atoms with E-state index in [2.05, 4.69) is 5.32 Å². The molecule has 1 atom stereocenters. The Morgan fingerprint density at radius 2 is 1.69 bits per heavy atom. The van der Waals surface area contributed by atoms with Gasteiger partial charge in [-0.15, -0.1) is 0 Å². The Hall–Kier alpha value is -2.58. The maximum Gasteiger partial charge on any atom is 0.244 e. The summed E-state index contributed by atoms with van der Waals surface area (Å²) in [5.74, 6) is -0.765. The molecule has 174 valence electrons. The van der Waals surface area contributed by atoms with Crippen LogP contribution in [0.5, 0.6) is 0 Å². The van der Waals surface area contributed by atoms with Gasteiger partial charge >= 0.3 is 0 Å². The number of para-hydroxylation sites is 1. The van der Waals surface area contributed by atoms with Gasteiger partial charge in [0.25, 0.3) is 0 Å². The molecule has 0 bridgehead atoms. The van der Waals surface area contributed by atoms with E-state index in [9.17, 15) is 18.0 Å². The van der Waals surface area contributed by atoms with Gasteiger partial charge in [0.2, 0.25) is 21.8 Å². The number of sulfonamides is 1. The van der Waals surface area contributed by atoms with Crippen LogP contribution in [-0.2, 0) is 26.2 Å². The summed E-state index contributed by atoms with van der Waals surface area (Å²) in [6, 6.07) is 14.6. The molecule has 2 aromatic rings. The highest BCUT2D eigenvalue weighted by Crippen LogP contribution is 2.19. The van der Waals surface area contributed by atoms with E-state index in [1.807, 2.05) is 6.92 Å². The topological polar surface area (TPSA) is 86.8 Å². The number of hydrogen-bond acceptors (Lipinski definition) is 4. The van der Waals surface area contributed by atoms with E-state index >= 15 is 0 Å². The fraction of sp³-hybridized carbons (Fsp3) is 0.391. The molecule has 2 amide bonds. The number of nitrogens with zero attached hydrogens (tertiary/aromatic N) is 2. The molecule has 0 unspecified atom stereocenters. The highest BCUT2D eigenvalue weighted by molar-refractivity contribution is 7.92. The van der Waals surface area contributed by atoms with Crippen molar-refractivity contribution in [3.8, 4) is 0 Å². The summed E-state index contributed by atoms with van der Waals surface area (Å²) < 4.78 is 25.9. The smallest absolute Gasteiger partial charge is 0.244 e. The van der Waals surface area contributed by atoms with E-state index in [0.29, 0.717) is 17.3 Å². The van der Waals surface area contributed by atoms with Crippen molar-refractivity contribution >= 4 is 39.1 Å². The van der Waals surface area contributed by atoms with E-state index in [1.165, 1.54) is 4.90 Å². The van der Waals surface area contributed by atoms with E-state index < -0.39 is 28.5 Å². The average Bonchev–Trinajstić information content (AvgIpc) is 2.76. The van der Waals surface area contributed by atoms with Crippen LogP contribution in [-0.4, -0.2) is 50.5 Å². The first-order valence-electron chi connectivity index (χ1n) is 10.5. The maximum atomic E-state index is 13.3. The Bertz CT molecular complexity index is 998. The summed E-state index contributed by atoms with van der Waals surface area (Å²) in [4.78, 5) is 27.4. The lowest BCUT2D eigenvalue weighted by molar-refractivity contribution is -0.139. The van der Waals surface area contributed by atoms with Crippen LogP contribution in [0.3, 0.4) is 0 Å². The largest absolute Gasteiger partial charge is 0.354 e. The molecule has 32 heavy (non-hydrogen) atoms. The predicted octanol–water partition coefficient (Wildman–Crippen LogP) is 3.44. The van der Waals surface area contributed by atoms with Gasteiger partial charge in [0.1, 0.15) is 12.6 Å². The van der Waals surface area contributed by atoms with Gasteiger partial charge in [0.15, 0.2) is 0 Å². The predicted molar refractivity (Wildman–Crippen MR) is 128 cm³/mol. The summed E-state index contributed by atoms with van der Waals surface area (Å²) >= 11 is 5.96. The monoisotopic (exact) mass is 479 g/mol. The molecule has 0 saturated carbocycles. The van der Waals surface area contributed by atoms with Crippen LogP contribution in [0, 0.1) is 0 Å². The Labute approximate surface area is 195 Å². The zero-order chi connectivity index (χ0) is 23.7. The molecule has 2 rings (SSSR count). The molecule has 0 aromatic heterocycles. The lowest BCUT2D eigenvalue weighted by Crippen LogP contribution is -2.51. The lowest BCUT2D eigenvalue weighted by atomic mass is 10.1. The van der Waals surface area contributed by atoms with Crippen molar-refractivity contribution in [3.05, 3.63) is 65.2 Å². The van der Waals surface area contributed by atoms with Crippen molar-refractivity contribution in [1.82, 2.24) is 10.2 Å². The molecular weight excluding hydrogens is 450 g/mol. The fourth-order valence-electron chi connectivity index (χ4n) is 3.11. The van der Waals surface area contributed by atoms with Crippen molar-refractivity contribution in [2.75, 3.05) is 23.7 Å². The molecule has 0 saturated heterocycles. The van der Waals surface area contributed by atoms with Crippen LogP contribution in [0.25, 0.3) is 0 Å². The third-order valence-electron chi connectivity index (χ3n) is 4.99. The molecule has 0 radical (unpaired) electrons. The number of benzene rings is 2. The SMILES string of the molecule is CCCCNC(=O)[C@@H](C)N(Cc1ccc(Cl)cc1)C(=O)CN(c1ccccc1)S(C)(=O)=O. The molecule has 0 aliphatic carbocycles. The van der Waals surface area contributed by atoms with Gasteiger partial charge in [-0.25, -0.2) is 8.42 Å². The van der Waals surface area contributed by atoms with E-state index in [-0.39, 0.29) is 12.5 Å². The molecule has 9 heteroatoms. The first-order valence-corrected chi connectivity index (χ1v) is 12.7. The minimum Gasteiger partial charge on any atom is -0.354 e. The molecule has 0 spiro atoms. The van der Waals surface area contributed by atoms with E-state index in [1.54, 1.807) is 61.5 Å². The third kappa shape index (κ3) is 7.53. The van der Waals surface area contributed by atoms with Crippen LogP contribution >= 0.6 is 11.6 Å². The van der Waals surface area contributed by atoms with Gasteiger partial charge in [-0.05, 0) is 43.2 Å². The van der Waals surface area contributed by atoms with Gasteiger partial charge < -0.3 is 10.2 Å². The van der Waals surface area contributed by atoms with Crippen molar-refractivity contribution < 1.29 is 18.0 Å². The zero-order valence-electron chi connectivity index (χ0n) is 18.6. The third-order valence-corrected chi connectivity index (χ3v) is 6.38. The number of anilines is 1. The Morgan fingerprint density at radius 1 is 1.06 bits per heavy atom. The number of rotatable bonds is 11. The van der Waals surface area contributed by atoms with Crippen molar-refractivity contribution in [2.45, 2.75) is 39.3 Å². The molecule has 2 aromatic carbocycles. The second-order valence-electron chi connectivity index (χ2n) is 7.57. The summed E-state index contributed by atoms with van der Waals surface area (Å²) in [6.45, 7) is 3.91. The normalized spacial score (nSPS) is 12.1. The van der Waals surface area contributed by atoms with Crippen LogP contribution in [0.2, 0.25) is 5.02 Å². The number of carbonyl (C=O) groups excluding carboxylic acids is 2. The van der Waals surface area contributed by atoms with Crippen LogP contribution in [0.4, 0.5) is 5.69 Å². The second kappa shape index (κ2) is 11.9. The van der Waals surface area contributed by atoms with Gasteiger partial charge in [0.05, 0.1) is 11.9 Å². The average molecular weight is 480 g/mol. The second-order valence-corrected chi connectivity index (χ2v) is 9.92. The van der Waals surface area contributed by atoms with E-state index in [4.69, 9.17) is 11.6 Å². The number of nitrogens with one attached hydrogen (secondary N) is 1. The number of carbonyl (C=O) groups is 2. The van der Waals surface area contributed by atoms with Gasteiger partial charge in [-0.3, -0.25) is 13.9 Å². The molecule has 0 heterocycles. The van der Waals surface area contributed by atoms with E-state index in [0.717, 1.165) is 29.0 Å². The number of amides is 2. The molecule has 1 N–H and O–H groups in total. The fourth-order valence-corrected chi connectivity index (χ4v) is 4.09. The Kier molecular flexibility index (Phi) is 9.53. The van der Waals surface area contributed by atoms with Crippen molar-refractivity contribution in [2.24, 2.45) is 0 Å². The minimum absolute atomic E-state index is 0.144. The number of halogens is 1. The maximum absolute atomic E-state index is 13.3. The molecule has 0 fully saturated rings. The summed E-state index contributed by atoms with van der Waals surface area (Å²) in [6.07, 6.45) is 2.82. The summed E-state index contributed by atoms with van der Waals surface area (Å²) in [5.41, 5.74) is 1.16. The first-order chi connectivity index (χ1) is 15.1. The summed E-state index contributed by atoms with van der Waals surface area (Å²) in [7, 11) is -3.72. The molecular formula is C23H30ClN3O4S. The van der Waals surface area contributed by atoms with Crippen LogP contribution in [0.15, 0.2) is 54.6 Å². The summed E-state index contributed by atoms with van der Waals surface area (Å²) in [5, 5.41) is 3.40. The molecule has 7 nitrogen and oxygen atoms in total. The number of unbranched alkanes of at least 4 members (excludes halogenated alkanes) is 1.